The van der Waals surface area contributed by atoms with Crippen molar-refractivity contribution in [2.75, 3.05) is 7.05 Å². The zero-order valence-electron chi connectivity index (χ0n) is 20.0. The highest BCUT2D eigenvalue weighted by atomic mass is 35.5. The molecular weight excluding hydrogens is 436 g/mol. The zero-order chi connectivity index (χ0) is 23.7. The van der Waals surface area contributed by atoms with Crippen molar-refractivity contribution in [3.8, 4) is 0 Å². The van der Waals surface area contributed by atoms with Crippen LogP contribution in [-0.2, 0) is 13.0 Å². The molecule has 2 rings (SSSR count). The summed E-state index contributed by atoms with van der Waals surface area (Å²) in [4.78, 5) is 14.0. The summed E-state index contributed by atoms with van der Waals surface area (Å²) in [5.41, 5.74) is 4.06. The average Bonchev–Trinajstić information content (AvgIpc) is 2.98. The quantitative estimate of drug-likeness (QED) is 0.362. The van der Waals surface area contributed by atoms with E-state index in [0.29, 0.717) is 17.5 Å². The molecule has 3 nitrogen and oxygen atoms in total. The molecule has 0 saturated carbocycles. The smallest absolute Gasteiger partial charge is 0.253 e. The van der Waals surface area contributed by atoms with Gasteiger partial charge in [0.25, 0.3) is 5.91 Å². The van der Waals surface area contributed by atoms with Crippen molar-refractivity contribution >= 4 is 29.3 Å². The Bertz CT molecular complexity index is 1010. The highest BCUT2D eigenvalue weighted by Crippen LogP contribution is 2.38. The standard InChI is InChI=1S/C27H35ClN2OS/c1-7-9-10-13-21(12-8-2)18-30-20(5)25(26(31)29-6)24(16-19(3)4)27(30)32-23-15-11-14-22(28)17-23/h8-15,17,19H,7,16,18H2,1-6H3,(H,29,31)/b10-9+,12-8-,21-13+. The highest BCUT2D eigenvalue weighted by molar-refractivity contribution is 7.99. The molecule has 0 saturated heterocycles. The third-order valence-electron chi connectivity index (χ3n) is 5.05. The Morgan fingerprint density at radius 3 is 2.66 bits per heavy atom. The van der Waals surface area contributed by atoms with Crippen molar-refractivity contribution in [2.45, 2.75) is 63.9 Å². The molecule has 0 aliphatic heterocycles. The van der Waals surface area contributed by atoms with Crippen LogP contribution in [-0.4, -0.2) is 17.5 Å². The third kappa shape index (κ3) is 6.91. The SMILES string of the molecule is C\C=C/C(=C\C=C\CC)Cn1c(C)c(C(=O)NC)c(CC(C)C)c1Sc1cccc(Cl)c1. The van der Waals surface area contributed by atoms with Crippen LogP contribution in [0.3, 0.4) is 0 Å². The molecule has 0 aliphatic carbocycles. The molecule has 1 heterocycles. The lowest BCUT2D eigenvalue weighted by molar-refractivity contribution is 0.0961. The van der Waals surface area contributed by atoms with E-state index in [1.54, 1.807) is 18.8 Å². The Balaban J connectivity index is 2.70. The van der Waals surface area contributed by atoms with Crippen molar-refractivity contribution in [3.05, 3.63) is 82.1 Å². The van der Waals surface area contributed by atoms with Crippen LogP contribution in [0.1, 0.15) is 55.7 Å². The minimum absolute atomic E-state index is 0.0349. The summed E-state index contributed by atoms with van der Waals surface area (Å²) in [5, 5.41) is 4.66. The van der Waals surface area contributed by atoms with Crippen molar-refractivity contribution in [3.63, 3.8) is 0 Å². The molecule has 0 spiro atoms. The van der Waals surface area contributed by atoms with Gasteiger partial charge >= 0.3 is 0 Å². The van der Waals surface area contributed by atoms with Crippen molar-refractivity contribution in [1.82, 2.24) is 9.88 Å². The topological polar surface area (TPSA) is 34.0 Å². The van der Waals surface area contributed by atoms with Gasteiger partial charge in [-0.1, -0.05) is 80.6 Å². The van der Waals surface area contributed by atoms with E-state index in [9.17, 15) is 4.79 Å². The summed E-state index contributed by atoms with van der Waals surface area (Å²) in [6.07, 6.45) is 12.4. The number of carbonyl (C=O) groups is 1. The first-order valence-electron chi connectivity index (χ1n) is 11.2. The fraction of sp³-hybridized carbons (Fsp3) is 0.370. The molecular formula is C27H35ClN2OS. The molecule has 0 radical (unpaired) electrons. The normalized spacial score (nSPS) is 12.4. The fourth-order valence-electron chi connectivity index (χ4n) is 3.63. The van der Waals surface area contributed by atoms with Crippen LogP contribution in [0.25, 0.3) is 0 Å². The lowest BCUT2D eigenvalue weighted by Crippen LogP contribution is -2.20. The van der Waals surface area contributed by atoms with E-state index < -0.39 is 0 Å². The largest absolute Gasteiger partial charge is 0.355 e. The second kappa shape index (κ2) is 12.8. The summed E-state index contributed by atoms with van der Waals surface area (Å²) < 4.78 is 2.28. The number of carbonyl (C=O) groups excluding carboxylic acids is 1. The van der Waals surface area contributed by atoms with Gasteiger partial charge in [-0.25, -0.2) is 0 Å². The third-order valence-corrected chi connectivity index (χ3v) is 6.44. The molecule has 32 heavy (non-hydrogen) atoms. The van der Waals surface area contributed by atoms with Gasteiger partial charge in [0.15, 0.2) is 0 Å². The van der Waals surface area contributed by atoms with Gasteiger partial charge in [0.05, 0.1) is 10.6 Å². The summed E-state index contributed by atoms with van der Waals surface area (Å²) in [7, 11) is 1.70. The van der Waals surface area contributed by atoms with E-state index in [1.807, 2.05) is 32.0 Å². The molecule has 1 aromatic heterocycles. The lowest BCUT2D eigenvalue weighted by Gasteiger charge is -2.14. The van der Waals surface area contributed by atoms with Crippen LogP contribution in [0.5, 0.6) is 0 Å². The maximum atomic E-state index is 12.9. The second-order valence-corrected chi connectivity index (χ2v) is 9.64. The van der Waals surface area contributed by atoms with Gasteiger partial charge in [0, 0.05) is 29.2 Å². The van der Waals surface area contributed by atoms with Crippen LogP contribution in [0.4, 0.5) is 0 Å². The van der Waals surface area contributed by atoms with Gasteiger partial charge in [-0.15, -0.1) is 0 Å². The van der Waals surface area contributed by atoms with Crippen LogP contribution in [0.15, 0.2) is 70.1 Å². The molecule has 172 valence electrons. The van der Waals surface area contributed by atoms with Crippen LogP contribution >= 0.6 is 23.4 Å². The molecule has 1 N–H and O–H groups in total. The van der Waals surface area contributed by atoms with Crippen LogP contribution in [0.2, 0.25) is 5.02 Å². The summed E-state index contributed by atoms with van der Waals surface area (Å²) in [6.45, 7) is 11.3. The van der Waals surface area contributed by atoms with Gasteiger partial charge in [-0.05, 0) is 61.9 Å². The Labute approximate surface area is 202 Å². The van der Waals surface area contributed by atoms with Crippen molar-refractivity contribution < 1.29 is 4.79 Å². The molecule has 0 unspecified atom stereocenters. The molecule has 2 aromatic rings. The number of benzene rings is 1. The average molecular weight is 471 g/mol. The van der Waals surface area contributed by atoms with Gasteiger partial charge in [0.1, 0.15) is 0 Å². The Hall–Kier alpha value is -2.17. The molecule has 0 aliphatic rings. The predicted molar refractivity (Wildman–Crippen MR) is 139 cm³/mol. The number of aromatic nitrogens is 1. The first-order valence-corrected chi connectivity index (χ1v) is 12.4. The zero-order valence-corrected chi connectivity index (χ0v) is 21.6. The minimum atomic E-state index is -0.0349. The first-order chi connectivity index (χ1) is 15.3. The molecule has 1 aromatic carbocycles. The van der Waals surface area contributed by atoms with Crippen LogP contribution in [0, 0.1) is 12.8 Å². The minimum Gasteiger partial charge on any atom is -0.355 e. The second-order valence-electron chi connectivity index (χ2n) is 8.14. The van der Waals surface area contributed by atoms with Gasteiger partial charge < -0.3 is 9.88 Å². The number of nitrogens with zero attached hydrogens (tertiary/aromatic N) is 1. The Morgan fingerprint density at radius 2 is 2.06 bits per heavy atom. The Kier molecular flexibility index (Phi) is 10.4. The summed E-state index contributed by atoms with van der Waals surface area (Å²) in [6, 6.07) is 7.89. The van der Waals surface area contributed by atoms with E-state index in [4.69, 9.17) is 11.6 Å². The van der Waals surface area contributed by atoms with E-state index in [1.165, 1.54) is 5.57 Å². The predicted octanol–water partition coefficient (Wildman–Crippen LogP) is 7.63. The van der Waals surface area contributed by atoms with E-state index in [-0.39, 0.29) is 5.91 Å². The summed E-state index contributed by atoms with van der Waals surface area (Å²) >= 11 is 7.95. The van der Waals surface area contributed by atoms with Gasteiger partial charge in [-0.2, -0.15) is 0 Å². The first kappa shape index (κ1) is 26.1. The lowest BCUT2D eigenvalue weighted by atomic mass is 10.0. The monoisotopic (exact) mass is 470 g/mol. The molecule has 0 atom stereocenters. The highest BCUT2D eigenvalue weighted by Gasteiger charge is 2.26. The van der Waals surface area contributed by atoms with Gasteiger partial charge in [-0.3, -0.25) is 4.79 Å². The number of amides is 1. The number of halogens is 1. The summed E-state index contributed by atoms with van der Waals surface area (Å²) in [5.74, 6) is 0.387. The molecule has 0 fully saturated rings. The maximum Gasteiger partial charge on any atom is 0.253 e. The Morgan fingerprint density at radius 1 is 1.31 bits per heavy atom. The maximum absolute atomic E-state index is 12.9. The molecule has 0 bridgehead atoms. The van der Waals surface area contributed by atoms with Crippen molar-refractivity contribution in [1.29, 1.82) is 0 Å². The van der Waals surface area contributed by atoms with E-state index >= 15 is 0 Å². The molecule has 5 heteroatoms. The number of rotatable bonds is 10. The van der Waals surface area contributed by atoms with Crippen molar-refractivity contribution in [2.24, 2.45) is 5.92 Å². The number of nitrogens with one attached hydrogen (secondary N) is 1. The van der Waals surface area contributed by atoms with E-state index in [2.05, 4.69) is 67.1 Å². The van der Waals surface area contributed by atoms with Gasteiger partial charge in [0.2, 0.25) is 0 Å². The number of hydrogen-bond acceptors (Lipinski definition) is 2. The fourth-order valence-corrected chi connectivity index (χ4v) is 5.07. The molecule has 1 amide bonds. The number of allylic oxidation sites excluding steroid dienone is 6. The van der Waals surface area contributed by atoms with E-state index in [0.717, 1.165) is 39.6 Å². The number of hydrogen-bond donors (Lipinski definition) is 1. The van der Waals surface area contributed by atoms with Crippen LogP contribution < -0.4 is 5.32 Å².